The Kier molecular flexibility index (Phi) is 1.85. The zero-order valence-electron chi connectivity index (χ0n) is 6.74. The maximum atomic E-state index is 10.9. The lowest BCUT2D eigenvalue weighted by Gasteiger charge is -2.23. The van der Waals surface area contributed by atoms with Gasteiger partial charge in [0.05, 0.1) is 5.92 Å². The van der Waals surface area contributed by atoms with Crippen molar-refractivity contribution in [2.75, 3.05) is 0 Å². The van der Waals surface area contributed by atoms with Gasteiger partial charge < -0.3 is 15.7 Å². The van der Waals surface area contributed by atoms with Crippen molar-refractivity contribution < 1.29 is 14.7 Å². The summed E-state index contributed by atoms with van der Waals surface area (Å²) in [5.41, 5.74) is 4.46. The number of rotatable bonds is 1. The summed E-state index contributed by atoms with van der Waals surface area (Å²) >= 11 is 3.22. The molecule has 0 radical (unpaired) electrons. The minimum Gasteiger partial charge on any atom is -0.480 e. The van der Waals surface area contributed by atoms with Crippen LogP contribution in [0.1, 0.15) is 12.8 Å². The van der Waals surface area contributed by atoms with Gasteiger partial charge in [-0.15, -0.1) is 0 Å². The van der Waals surface area contributed by atoms with Crippen LogP contribution < -0.4 is 5.73 Å². The minimum absolute atomic E-state index is 0.0149. The number of fused-ring (bicyclic) bond motifs is 1. The van der Waals surface area contributed by atoms with Gasteiger partial charge >= 0.3 is 5.97 Å². The number of nitrogens with zero attached hydrogens (tertiary/aromatic N) is 1. The van der Waals surface area contributed by atoms with E-state index < -0.39 is 17.6 Å². The van der Waals surface area contributed by atoms with Crippen LogP contribution in [0, 0.1) is 5.92 Å². The number of halogens is 1. The van der Waals surface area contributed by atoms with Crippen molar-refractivity contribution in [1.82, 2.24) is 0 Å². The largest absolute Gasteiger partial charge is 0.480 e. The van der Waals surface area contributed by atoms with Crippen molar-refractivity contribution in [3.63, 3.8) is 0 Å². The van der Waals surface area contributed by atoms with Crippen molar-refractivity contribution in [1.29, 1.82) is 0 Å². The fraction of sp³-hybridized carbons (Fsp3) is 0.714. The molecule has 0 unspecified atom stereocenters. The van der Waals surface area contributed by atoms with Gasteiger partial charge in [-0.2, -0.15) is 0 Å². The number of nitrogens with two attached hydrogens (primary N) is 1. The first kappa shape index (κ1) is 8.96. The molecule has 1 saturated carbocycles. The lowest BCUT2D eigenvalue weighted by atomic mass is 9.94. The first-order valence-corrected chi connectivity index (χ1v) is 4.76. The fourth-order valence-electron chi connectivity index (χ4n) is 1.86. The van der Waals surface area contributed by atoms with E-state index in [4.69, 9.17) is 15.7 Å². The molecule has 2 rings (SSSR count). The third-order valence-electron chi connectivity index (χ3n) is 2.70. The van der Waals surface area contributed by atoms with Crippen molar-refractivity contribution in [2.24, 2.45) is 16.8 Å². The van der Waals surface area contributed by atoms with Gasteiger partial charge in [0.25, 0.3) is 0 Å². The monoisotopic (exact) mass is 248 g/mol. The normalized spacial score (nSPS) is 42.5. The van der Waals surface area contributed by atoms with Crippen molar-refractivity contribution in [2.45, 2.75) is 24.5 Å². The third kappa shape index (κ3) is 1.08. The van der Waals surface area contributed by atoms with E-state index in [-0.39, 0.29) is 5.92 Å². The van der Waals surface area contributed by atoms with Gasteiger partial charge in [0.15, 0.2) is 11.6 Å². The molecule has 2 aliphatic rings. The van der Waals surface area contributed by atoms with Gasteiger partial charge in [-0.1, -0.05) is 5.16 Å². The molecule has 1 fully saturated rings. The Bertz CT molecular complexity index is 293. The van der Waals surface area contributed by atoms with Gasteiger partial charge in [-0.05, 0) is 28.8 Å². The highest BCUT2D eigenvalue weighted by Crippen LogP contribution is 2.41. The average Bonchev–Trinajstić information content (AvgIpc) is 2.57. The average molecular weight is 249 g/mol. The van der Waals surface area contributed by atoms with Crippen LogP contribution in [0.3, 0.4) is 0 Å². The molecule has 3 atom stereocenters. The summed E-state index contributed by atoms with van der Waals surface area (Å²) in [6.45, 7) is 0. The van der Waals surface area contributed by atoms with Gasteiger partial charge in [-0.25, -0.2) is 0 Å². The predicted octanol–water partition coefficient (Wildman–Crippen LogP) is 0.286. The maximum absolute atomic E-state index is 10.9. The van der Waals surface area contributed by atoms with E-state index in [1.165, 1.54) is 0 Å². The van der Waals surface area contributed by atoms with E-state index in [2.05, 4.69) is 21.1 Å². The van der Waals surface area contributed by atoms with E-state index in [9.17, 15) is 4.79 Å². The molecule has 0 aromatic heterocycles. The summed E-state index contributed by atoms with van der Waals surface area (Å²) in [6.07, 6.45) is 0.624. The summed E-state index contributed by atoms with van der Waals surface area (Å²) in [5, 5.41) is 12.6. The summed E-state index contributed by atoms with van der Waals surface area (Å²) in [6, 6.07) is 0. The van der Waals surface area contributed by atoms with E-state index in [1.807, 2.05) is 0 Å². The fourth-order valence-corrected chi connectivity index (χ4v) is 2.41. The number of hydrogen-bond donors (Lipinski definition) is 2. The molecule has 1 aliphatic carbocycles. The highest BCUT2D eigenvalue weighted by molar-refractivity contribution is 9.18. The van der Waals surface area contributed by atoms with Crippen LogP contribution in [0.15, 0.2) is 5.16 Å². The van der Waals surface area contributed by atoms with Crippen LogP contribution in [-0.4, -0.2) is 27.3 Å². The van der Waals surface area contributed by atoms with Crippen molar-refractivity contribution in [3.8, 4) is 0 Å². The second kappa shape index (κ2) is 2.68. The van der Waals surface area contributed by atoms with Gasteiger partial charge in [-0.3, -0.25) is 4.79 Å². The summed E-state index contributed by atoms with van der Waals surface area (Å²) in [5.74, 6) is -1.00. The first-order valence-electron chi connectivity index (χ1n) is 3.97. The number of carbonyl (C=O) groups is 1. The molecule has 0 amide bonds. The molecule has 1 heterocycles. The SMILES string of the molecule is N[C@@]1(C(=O)O)CC[C@H]2C(Br)=NO[C@H]21. The quantitative estimate of drug-likeness (QED) is 0.699. The highest BCUT2D eigenvalue weighted by atomic mass is 79.9. The molecule has 6 heteroatoms. The zero-order chi connectivity index (χ0) is 9.64. The Balaban J connectivity index is 2.26. The van der Waals surface area contributed by atoms with Crippen LogP contribution in [0.2, 0.25) is 0 Å². The van der Waals surface area contributed by atoms with Gasteiger partial charge in [0.1, 0.15) is 4.62 Å². The lowest BCUT2D eigenvalue weighted by Crippen LogP contribution is -2.55. The second-order valence-corrected chi connectivity index (χ2v) is 4.24. The summed E-state index contributed by atoms with van der Waals surface area (Å²) in [4.78, 5) is 15.9. The number of aliphatic carboxylic acids is 1. The maximum Gasteiger partial charge on any atom is 0.327 e. The van der Waals surface area contributed by atoms with Gasteiger partial charge in [0, 0.05) is 0 Å². The summed E-state index contributed by atoms with van der Waals surface area (Å²) < 4.78 is 0.672. The molecule has 13 heavy (non-hydrogen) atoms. The summed E-state index contributed by atoms with van der Waals surface area (Å²) in [7, 11) is 0. The lowest BCUT2D eigenvalue weighted by molar-refractivity contribution is -0.148. The third-order valence-corrected chi connectivity index (χ3v) is 3.43. The predicted molar refractivity (Wildman–Crippen MR) is 48.5 cm³/mol. The molecule has 3 N–H and O–H groups in total. The molecule has 0 spiro atoms. The van der Waals surface area contributed by atoms with E-state index in [0.29, 0.717) is 17.5 Å². The Morgan fingerprint density at radius 1 is 1.85 bits per heavy atom. The van der Waals surface area contributed by atoms with Crippen LogP contribution in [-0.2, 0) is 9.63 Å². The second-order valence-electron chi connectivity index (χ2n) is 3.43. The topological polar surface area (TPSA) is 84.9 Å². The molecule has 0 saturated heterocycles. The molecular formula is C7H9BrN2O3. The zero-order valence-corrected chi connectivity index (χ0v) is 8.32. The molecule has 72 valence electrons. The molecular weight excluding hydrogens is 240 g/mol. The Morgan fingerprint density at radius 2 is 2.54 bits per heavy atom. The number of carboxylic acid groups (broad SMARTS) is 1. The van der Waals surface area contributed by atoms with Gasteiger partial charge in [0.2, 0.25) is 0 Å². The van der Waals surface area contributed by atoms with E-state index in [1.54, 1.807) is 0 Å². The molecule has 0 aromatic rings. The first-order chi connectivity index (χ1) is 6.05. The number of carboxylic acids is 1. The molecule has 5 nitrogen and oxygen atoms in total. The van der Waals surface area contributed by atoms with Crippen LogP contribution >= 0.6 is 15.9 Å². The van der Waals surface area contributed by atoms with Crippen molar-refractivity contribution >= 4 is 26.5 Å². The molecule has 0 bridgehead atoms. The van der Waals surface area contributed by atoms with Crippen molar-refractivity contribution in [3.05, 3.63) is 0 Å². The molecule has 0 aromatic carbocycles. The minimum atomic E-state index is -1.27. The Morgan fingerprint density at radius 3 is 3.15 bits per heavy atom. The Labute approximate surface area is 83.0 Å². The number of hydrogen-bond acceptors (Lipinski definition) is 4. The smallest absolute Gasteiger partial charge is 0.327 e. The standard InChI is InChI=1S/C7H9BrN2O3/c8-5-3-1-2-7(9,6(11)12)4(3)13-10-5/h3-4H,1-2,9H2,(H,11,12)/t3-,4-,7+/m1/s1. The van der Waals surface area contributed by atoms with E-state index >= 15 is 0 Å². The Hall–Kier alpha value is -0.620. The van der Waals surface area contributed by atoms with E-state index in [0.717, 1.165) is 0 Å². The van der Waals surface area contributed by atoms with Crippen LogP contribution in [0.25, 0.3) is 0 Å². The van der Waals surface area contributed by atoms with Crippen LogP contribution in [0.5, 0.6) is 0 Å². The molecule has 1 aliphatic heterocycles. The number of oxime groups is 1. The van der Waals surface area contributed by atoms with Crippen LogP contribution in [0.4, 0.5) is 0 Å². The highest BCUT2D eigenvalue weighted by Gasteiger charge is 2.57.